The van der Waals surface area contributed by atoms with E-state index in [1.54, 1.807) is 26.0 Å². The predicted molar refractivity (Wildman–Crippen MR) is 76.8 cm³/mol. The van der Waals surface area contributed by atoms with Crippen LogP contribution in [-0.2, 0) is 10.0 Å². The molecule has 0 unspecified atom stereocenters. The fourth-order valence-electron chi connectivity index (χ4n) is 1.65. The lowest BCUT2D eigenvalue weighted by Gasteiger charge is -2.25. The van der Waals surface area contributed by atoms with Gasteiger partial charge in [0.1, 0.15) is 10.6 Å². The molecule has 0 aliphatic rings. The maximum Gasteiger partial charge on any atom is 0.246 e. The van der Waals surface area contributed by atoms with Crippen molar-refractivity contribution in [2.75, 3.05) is 20.7 Å². The summed E-state index contributed by atoms with van der Waals surface area (Å²) >= 11 is 3.24. The van der Waals surface area contributed by atoms with Crippen molar-refractivity contribution in [2.24, 2.45) is 0 Å². The number of rotatable bonds is 5. The summed E-state index contributed by atoms with van der Waals surface area (Å²) in [6.45, 7) is 3.10. The highest BCUT2D eigenvalue weighted by Gasteiger charge is 2.29. The van der Waals surface area contributed by atoms with E-state index in [-0.39, 0.29) is 17.2 Å². The van der Waals surface area contributed by atoms with E-state index >= 15 is 0 Å². The molecule has 1 rings (SSSR count). The van der Waals surface area contributed by atoms with Crippen LogP contribution in [0.3, 0.4) is 0 Å². The number of nitrogens with zero attached hydrogens (tertiary/aromatic N) is 1. The molecule has 0 atom stereocenters. The minimum Gasteiger partial charge on any atom is -0.495 e. The Morgan fingerprint density at radius 1 is 1.42 bits per heavy atom. The van der Waals surface area contributed by atoms with Crippen LogP contribution in [0.4, 0.5) is 0 Å². The second kappa shape index (κ2) is 5.78. The zero-order valence-electron chi connectivity index (χ0n) is 11.3. The molecule has 0 aliphatic carbocycles. The van der Waals surface area contributed by atoms with Gasteiger partial charge >= 0.3 is 0 Å². The molecule has 0 heterocycles. The molecule has 5 nitrogen and oxygen atoms in total. The second-order valence-electron chi connectivity index (χ2n) is 4.87. The highest BCUT2D eigenvalue weighted by atomic mass is 79.9. The Morgan fingerprint density at radius 3 is 2.47 bits per heavy atom. The smallest absolute Gasteiger partial charge is 0.246 e. The Balaban J connectivity index is 3.23. The molecule has 0 amide bonds. The molecule has 108 valence electrons. The molecule has 0 bridgehead atoms. The molecule has 0 spiro atoms. The lowest BCUT2D eigenvalue weighted by atomic mass is 10.1. The first-order valence-corrected chi connectivity index (χ1v) is 7.83. The monoisotopic (exact) mass is 351 g/mol. The molecule has 0 aromatic heterocycles. The van der Waals surface area contributed by atoms with Crippen LogP contribution in [0, 0.1) is 0 Å². The van der Waals surface area contributed by atoms with Crippen molar-refractivity contribution in [1.29, 1.82) is 0 Å². The van der Waals surface area contributed by atoms with E-state index in [0.717, 1.165) is 4.31 Å². The van der Waals surface area contributed by atoms with E-state index in [2.05, 4.69) is 15.9 Å². The minimum absolute atomic E-state index is 0.00893. The van der Waals surface area contributed by atoms with Crippen LogP contribution in [0.15, 0.2) is 27.6 Å². The van der Waals surface area contributed by atoms with E-state index < -0.39 is 15.6 Å². The summed E-state index contributed by atoms with van der Waals surface area (Å²) in [5.41, 5.74) is -1.11. The fraction of sp³-hybridized carbons (Fsp3) is 0.500. The summed E-state index contributed by atoms with van der Waals surface area (Å²) in [6.07, 6.45) is 0. The van der Waals surface area contributed by atoms with Gasteiger partial charge in [0.15, 0.2) is 0 Å². The van der Waals surface area contributed by atoms with E-state index in [0.29, 0.717) is 4.47 Å². The third kappa shape index (κ3) is 4.17. The minimum atomic E-state index is -3.72. The molecular formula is C12H18BrNO4S. The highest BCUT2D eigenvalue weighted by Crippen LogP contribution is 2.29. The number of likely N-dealkylation sites (N-methyl/N-ethyl adjacent to an activating group) is 1. The molecule has 1 aromatic carbocycles. The standard InChI is InChI=1S/C12H18BrNO4S/c1-12(2,15)8-14(3)19(16,17)11-7-9(13)5-6-10(11)18-4/h5-7,15H,8H2,1-4H3. The van der Waals surface area contributed by atoms with Crippen LogP contribution in [0.1, 0.15) is 13.8 Å². The maximum absolute atomic E-state index is 12.5. The topological polar surface area (TPSA) is 66.8 Å². The predicted octanol–water partition coefficient (Wildman–Crippen LogP) is 1.85. The molecule has 1 aromatic rings. The summed E-state index contributed by atoms with van der Waals surface area (Å²) in [5, 5.41) is 9.73. The maximum atomic E-state index is 12.5. The molecule has 7 heteroatoms. The summed E-state index contributed by atoms with van der Waals surface area (Å²) in [4.78, 5) is 0.0659. The summed E-state index contributed by atoms with van der Waals surface area (Å²) in [7, 11) is -0.880. The number of ether oxygens (including phenoxy) is 1. The van der Waals surface area contributed by atoms with Crippen LogP contribution in [0.5, 0.6) is 5.75 Å². The van der Waals surface area contributed by atoms with Crippen LogP contribution in [0.2, 0.25) is 0 Å². The number of methoxy groups -OCH3 is 1. The van der Waals surface area contributed by atoms with Gasteiger partial charge in [-0.3, -0.25) is 0 Å². The first-order valence-electron chi connectivity index (χ1n) is 5.60. The first-order chi connectivity index (χ1) is 8.58. The van der Waals surface area contributed by atoms with Crippen molar-refractivity contribution in [3.05, 3.63) is 22.7 Å². The van der Waals surface area contributed by atoms with Crippen molar-refractivity contribution in [1.82, 2.24) is 4.31 Å². The molecule has 0 radical (unpaired) electrons. The largest absolute Gasteiger partial charge is 0.495 e. The lowest BCUT2D eigenvalue weighted by Crippen LogP contribution is -2.39. The number of aliphatic hydroxyl groups is 1. The summed E-state index contributed by atoms with van der Waals surface area (Å²) in [6, 6.07) is 4.76. The van der Waals surface area contributed by atoms with Gasteiger partial charge in [-0.25, -0.2) is 8.42 Å². The van der Waals surface area contributed by atoms with Crippen molar-refractivity contribution >= 4 is 26.0 Å². The Morgan fingerprint density at radius 2 is 2.00 bits per heavy atom. The molecule has 0 saturated heterocycles. The van der Waals surface area contributed by atoms with Crippen molar-refractivity contribution in [3.63, 3.8) is 0 Å². The Bertz CT molecular complexity index is 551. The number of sulfonamides is 1. The van der Waals surface area contributed by atoms with E-state index in [1.807, 2.05) is 0 Å². The van der Waals surface area contributed by atoms with Crippen molar-refractivity contribution in [2.45, 2.75) is 24.3 Å². The van der Waals surface area contributed by atoms with Crippen molar-refractivity contribution in [3.8, 4) is 5.75 Å². The Labute approximate surface area is 122 Å². The summed E-state index contributed by atoms with van der Waals surface area (Å²) < 4.78 is 31.7. The SMILES string of the molecule is COc1ccc(Br)cc1S(=O)(=O)N(C)CC(C)(C)O. The quantitative estimate of drug-likeness (QED) is 0.878. The third-order valence-corrected chi connectivity index (χ3v) is 4.74. The zero-order valence-corrected chi connectivity index (χ0v) is 13.7. The van der Waals surface area contributed by atoms with Crippen LogP contribution < -0.4 is 4.74 Å². The molecule has 0 saturated carbocycles. The van der Waals surface area contributed by atoms with E-state index in [1.165, 1.54) is 20.2 Å². The lowest BCUT2D eigenvalue weighted by molar-refractivity contribution is 0.0639. The second-order valence-corrected chi connectivity index (χ2v) is 7.80. The molecule has 0 fully saturated rings. The zero-order chi connectivity index (χ0) is 14.8. The Kier molecular flexibility index (Phi) is 5.00. The van der Waals surface area contributed by atoms with Gasteiger partial charge in [0.25, 0.3) is 0 Å². The van der Waals surface area contributed by atoms with Crippen LogP contribution in [-0.4, -0.2) is 44.1 Å². The van der Waals surface area contributed by atoms with Crippen LogP contribution >= 0.6 is 15.9 Å². The first kappa shape index (κ1) is 16.4. The van der Waals surface area contributed by atoms with Crippen molar-refractivity contribution < 1.29 is 18.3 Å². The van der Waals surface area contributed by atoms with Gasteiger partial charge in [-0.1, -0.05) is 15.9 Å². The molecule has 0 aliphatic heterocycles. The average Bonchev–Trinajstić information content (AvgIpc) is 2.26. The van der Waals surface area contributed by atoms with Gasteiger partial charge in [0.2, 0.25) is 10.0 Å². The number of benzene rings is 1. The van der Waals surface area contributed by atoms with Gasteiger partial charge in [0, 0.05) is 18.1 Å². The molecule has 1 N–H and O–H groups in total. The normalized spacial score (nSPS) is 12.8. The fourth-order valence-corrected chi connectivity index (χ4v) is 3.67. The number of hydrogen-bond acceptors (Lipinski definition) is 4. The number of hydrogen-bond donors (Lipinski definition) is 1. The molecular weight excluding hydrogens is 334 g/mol. The number of halogens is 1. The molecule has 19 heavy (non-hydrogen) atoms. The third-order valence-electron chi connectivity index (χ3n) is 2.42. The van der Waals surface area contributed by atoms with E-state index in [9.17, 15) is 13.5 Å². The Hall–Kier alpha value is -0.630. The highest BCUT2D eigenvalue weighted by molar-refractivity contribution is 9.10. The van der Waals surface area contributed by atoms with Gasteiger partial charge in [0.05, 0.1) is 12.7 Å². The average molecular weight is 352 g/mol. The van der Waals surface area contributed by atoms with Gasteiger partial charge < -0.3 is 9.84 Å². The van der Waals surface area contributed by atoms with Gasteiger partial charge in [-0.2, -0.15) is 4.31 Å². The summed E-state index contributed by atoms with van der Waals surface area (Å²) in [5.74, 6) is 0.269. The van der Waals surface area contributed by atoms with Gasteiger partial charge in [-0.15, -0.1) is 0 Å². The van der Waals surface area contributed by atoms with E-state index in [4.69, 9.17) is 4.74 Å². The van der Waals surface area contributed by atoms with Crippen LogP contribution in [0.25, 0.3) is 0 Å². The van der Waals surface area contributed by atoms with Gasteiger partial charge in [-0.05, 0) is 32.0 Å².